The molecule has 0 bridgehead atoms. The number of pyridine rings is 1. The number of aryl methyl sites for hydroxylation is 2. The van der Waals surface area contributed by atoms with Gasteiger partial charge in [-0.25, -0.2) is 4.98 Å². The summed E-state index contributed by atoms with van der Waals surface area (Å²) in [5.74, 6) is 0.412. The molecule has 0 aliphatic carbocycles. The largest absolute Gasteiger partial charge is 0.317 e. The van der Waals surface area contributed by atoms with Gasteiger partial charge in [0.05, 0.1) is 0 Å². The first-order valence-electron chi connectivity index (χ1n) is 6.83. The zero-order valence-electron chi connectivity index (χ0n) is 12.3. The molecule has 1 heterocycles. The summed E-state index contributed by atoms with van der Waals surface area (Å²) >= 11 is 7.36. The molecule has 0 radical (unpaired) electrons. The van der Waals surface area contributed by atoms with Crippen molar-refractivity contribution in [3.63, 3.8) is 0 Å². The van der Waals surface area contributed by atoms with Crippen LogP contribution in [0.3, 0.4) is 0 Å². The summed E-state index contributed by atoms with van der Waals surface area (Å²) in [6, 6.07) is 9.46. The molecule has 114 valence electrons. The van der Waals surface area contributed by atoms with Gasteiger partial charge < -0.3 is 5.32 Å². The number of benzene rings is 1. The highest BCUT2D eigenvalue weighted by atomic mass is 127. The fraction of sp³-hybridized carbons (Fsp3) is 0.188. The fourth-order valence-electron chi connectivity index (χ4n) is 1.88. The molecule has 1 aromatic carbocycles. The second-order valence-corrected chi connectivity index (χ2v) is 6.43. The summed E-state index contributed by atoms with van der Waals surface area (Å²) in [5, 5.41) is 5.85. The monoisotopic (exact) mass is 425 g/mol. The SMILES string of the molecule is CCc1ccc(C(=O)NC(=S)Nc2ncc(I)cc2C)cc1. The molecular formula is C16H16IN3OS. The first-order valence-corrected chi connectivity index (χ1v) is 8.31. The van der Waals surface area contributed by atoms with Crippen LogP contribution in [0.2, 0.25) is 0 Å². The van der Waals surface area contributed by atoms with Crippen LogP contribution in [0.1, 0.15) is 28.4 Å². The standard InChI is InChI=1S/C16H16IN3OS/c1-3-11-4-6-12(7-5-11)15(21)20-16(22)19-14-10(2)8-13(17)9-18-14/h4-9H,3H2,1-2H3,(H2,18,19,20,21,22). The smallest absolute Gasteiger partial charge is 0.257 e. The van der Waals surface area contributed by atoms with E-state index in [1.807, 2.05) is 25.1 Å². The molecule has 0 unspecified atom stereocenters. The number of nitrogens with zero attached hydrogens (tertiary/aromatic N) is 1. The van der Waals surface area contributed by atoms with E-state index < -0.39 is 0 Å². The molecule has 1 aromatic heterocycles. The molecule has 2 N–H and O–H groups in total. The molecular weight excluding hydrogens is 409 g/mol. The van der Waals surface area contributed by atoms with Gasteiger partial charge in [-0.1, -0.05) is 19.1 Å². The van der Waals surface area contributed by atoms with Crippen LogP contribution in [-0.4, -0.2) is 16.0 Å². The average Bonchev–Trinajstić information content (AvgIpc) is 2.50. The van der Waals surface area contributed by atoms with Gasteiger partial charge in [0.2, 0.25) is 0 Å². The van der Waals surface area contributed by atoms with Gasteiger partial charge in [0, 0.05) is 15.3 Å². The quantitative estimate of drug-likeness (QED) is 0.582. The van der Waals surface area contributed by atoms with Crippen molar-refractivity contribution in [2.75, 3.05) is 5.32 Å². The van der Waals surface area contributed by atoms with Crippen molar-refractivity contribution in [1.82, 2.24) is 10.3 Å². The number of thiocarbonyl (C=S) groups is 1. The van der Waals surface area contributed by atoms with Crippen molar-refractivity contribution in [3.05, 3.63) is 56.8 Å². The topological polar surface area (TPSA) is 54.0 Å². The summed E-state index contributed by atoms with van der Waals surface area (Å²) < 4.78 is 1.05. The Bertz CT molecular complexity index is 701. The minimum atomic E-state index is -0.233. The predicted molar refractivity (Wildman–Crippen MR) is 101 cm³/mol. The predicted octanol–water partition coefficient (Wildman–Crippen LogP) is 3.68. The Morgan fingerprint density at radius 2 is 2.00 bits per heavy atom. The number of carbonyl (C=O) groups excluding carboxylic acids is 1. The fourth-order valence-corrected chi connectivity index (χ4v) is 2.67. The van der Waals surface area contributed by atoms with E-state index in [-0.39, 0.29) is 11.0 Å². The third kappa shape index (κ3) is 4.48. The number of aromatic nitrogens is 1. The maximum atomic E-state index is 12.1. The maximum absolute atomic E-state index is 12.1. The summed E-state index contributed by atoms with van der Waals surface area (Å²) in [6.07, 6.45) is 2.68. The number of amides is 1. The normalized spacial score (nSPS) is 10.1. The van der Waals surface area contributed by atoms with E-state index in [2.05, 4.69) is 45.1 Å². The molecule has 0 aliphatic heterocycles. The van der Waals surface area contributed by atoms with E-state index in [9.17, 15) is 4.79 Å². The molecule has 0 saturated carbocycles. The number of carbonyl (C=O) groups is 1. The van der Waals surface area contributed by atoms with Gasteiger partial charge in [-0.05, 0) is 77.5 Å². The summed E-state index contributed by atoms with van der Waals surface area (Å²) in [7, 11) is 0. The van der Waals surface area contributed by atoms with Crippen molar-refractivity contribution in [2.24, 2.45) is 0 Å². The summed E-state index contributed by atoms with van der Waals surface area (Å²) in [5.41, 5.74) is 2.74. The number of nitrogens with one attached hydrogen (secondary N) is 2. The third-order valence-corrected chi connectivity index (χ3v) is 3.92. The molecule has 1 amide bonds. The van der Waals surface area contributed by atoms with Crippen molar-refractivity contribution in [2.45, 2.75) is 20.3 Å². The number of hydrogen-bond donors (Lipinski definition) is 2. The van der Waals surface area contributed by atoms with Crippen LogP contribution < -0.4 is 10.6 Å². The molecule has 2 rings (SSSR count). The molecule has 22 heavy (non-hydrogen) atoms. The first-order chi connectivity index (χ1) is 10.5. The Morgan fingerprint density at radius 3 is 2.59 bits per heavy atom. The van der Waals surface area contributed by atoms with E-state index in [0.29, 0.717) is 11.4 Å². The number of hydrogen-bond acceptors (Lipinski definition) is 3. The van der Waals surface area contributed by atoms with Crippen LogP contribution in [0.15, 0.2) is 36.5 Å². The average molecular weight is 425 g/mol. The lowest BCUT2D eigenvalue weighted by atomic mass is 10.1. The van der Waals surface area contributed by atoms with E-state index in [0.717, 1.165) is 15.6 Å². The summed E-state index contributed by atoms with van der Waals surface area (Å²) in [6.45, 7) is 4.01. The Kier molecular flexibility index (Phi) is 5.84. The highest BCUT2D eigenvalue weighted by Crippen LogP contribution is 2.14. The van der Waals surface area contributed by atoms with Gasteiger partial charge in [-0.2, -0.15) is 0 Å². The van der Waals surface area contributed by atoms with Crippen molar-refractivity contribution in [1.29, 1.82) is 0 Å². The lowest BCUT2D eigenvalue weighted by molar-refractivity contribution is 0.0977. The second-order valence-electron chi connectivity index (χ2n) is 4.78. The van der Waals surface area contributed by atoms with Gasteiger partial charge >= 0.3 is 0 Å². The molecule has 4 nitrogen and oxygen atoms in total. The van der Waals surface area contributed by atoms with Gasteiger partial charge in [-0.15, -0.1) is 0 Å². The van der Waals surface area contributed by atoms with E-state index in [1.165, 1.54) is 5.56 Å². The van der Waals surface area contributed by atoms with E-state index >= 15 is 0 Å². The first kappa shape index (κ1) is 16.8. The van der Waals surface area contributed by atoms with Gasteiger partial charge in [0.1, 0.15) is 5.82 Å². The Labute approximate surface area is 148 Å². The molecule has 0 atom stereocenters. The number of rotatable bonds is 3. The molecule has 6 heteroatoms. The zero-order valence-corrected chi connectivity index (χ0v) is 15.3. The molecule has 0 aliphatic rings. The Balaban J connectivity index is 2.00. The van der Waals surface area contributed by atoms with Gasteiger partial charge in [-0.3, -0.25) is 10.1 Å². The Morgan fingerprint density at radius 1 is 1.32 bits per heavy atom. The minimum absolute atomic E-state index is 0.233. The highest BCUT2D eigenvalue weighted by molar-refractivity contribution is 14.1. The van der Waals surface area contributed by atoms with Crippen LogP contribution >= 0.6 is 34.8 Å². The van der Waals surface area contributed by atoms with Crippen molar-refractivity contribution < 1.29 is 4.79 Å². The lowest BCUT2D eigenvalue weighted by Gasteiger charge is -2.11. The Hall–Kier alpha value is -1.54. The molecule has 2 aromatic rings. The van der Waals surface area contributed by atoms with Crippen LogP contribution in [0, 0.1) is 10.5 Å². The minimum Gasteiger partial charge on any atom is -0.317 e. The molecule has 0 saturated heterocycles. The van der Waals surface area contributed by atoms with E-state index in [1.54, 1.807) is 18.3 Å². The second kappa shape index (κ2) is 7.64. The van der Waals surface area contributed by atoms with Gasteiger partial charge in [0.25, 0.3) is 5.91 Å². The van der Waals surface area contributed by atoms with Gasteiger partial charge in [0.15, 0.2) is 5.11 Å². The number of anilines is 1. The van der Waals surface area contributed by atoms with Crippen LogP contribution in [-0.2, 0) is 6.42 Å². The lowest BCUT2D eigenvalue weighted by Crippen LogP contribution is -2.34. The van der Waals surface area contributed by atoms with Crippen molar-refractivity contribution in [3.8, 4) is 0 Å². The van der Waals surface area contributed by atoms with Crippen molar-refractivity contribution >= 4 is 51.6 Å². The van der Waals surface area contributed by atoms with Crippen LogP contribution in [0.25, 0.3) is 0 Å². The summed E-state index contributed by atoms with van der Waals surface area (Å²) in [4.78, 5) is 16.4. The zero-order chi connectivity index (χ0) is 16.1. The maximum Gasteiger partial charge on any atom is 0.257 e. The third-order valence-electron chi connectivity index (χ3n) is 3.13. The molecule has 0 fully saturated rings. The highest BCUT2D eigenvalue weighted by Gasteiger charge is 2.09. The van der Waals surface area contributed by atoms with Crippen LogP contribution in [0.5, 0.6) is 0 Å². The molecule has 0 spiro atoms. The van der Waals surface area contributed by atoms with E-state index in [4.69, 9.17) is 12.2 Å². The van der Waals surface area contributed by atoms with Crippen LogP contribution in [0.4, 0.5) is 5.82 Å². The number of halogens is 1.